The molecule has 3 aromatic heterocycles. The van der Waals surface area contributed by atoms with Crippen molar-refractivity contribution in [3.63, 3.8) is 0 Å². The van der Waals surface area contributed by atoms with Crippen LogP contribution in [0, 0.1) is 0 Å². The highest BCUT2D eigenvalue weighted by Gasteiger charge is 2.19. The first-order valence-electron chi connectivity index (χ1n) is 9.52. The quantitative estimate of drug-likeness (QED) is 0.702. The average molecular weight is 388 g/mol. The van der Waals surface area contributed by atoms with E-state index >= 15 is 0 Å². The maximum atomic E-state index is 12.9. The number of hydrogen-bond donors (Lipinski definition) is 1. The fourth-order valence-electron chi connectivity index (χ4n) is 3.58. The van der Waals surface area contributed by atoms with Crippen LogP contribution in [0.1, 0.15) is 37.4 Å². The molecule has 3 aromatic rings. The first kappa shape index (κ1) is 18.2. The molecule has 4 rings (SSSR count). The molecule has 1 unspecified atom stereocenters. The molecule has 0 aliphatic carbocycles. The highest BCUT2D eigenvalue weighted by molar-refractivity contribution is 7.19. The Morgan fingerprint density at radius 1 is 1.33 bits per heavy atom. The van der Waals surface area contributed by atoms with Crippen LogP contribution in [-0.2, 0) is 28.9 Å². The summed E-state index contributed by atoms with van der Waals surface area (Å²) in [5.41, 5.74) is 1.38. The van der Waals surface area contributed by atoms with Gasteiger partial charge in [0.05, 0.1) is 16.3 Å². The van der Waals surface area contributed by atoms with Gasteiger partial charge in [0.25, 0.3) is 5.56 Å². The van der Waals surface area contributed by atoms with E-state index in [2.05, 4.69) is 23.4 Å². The predicted octanol–water partition coefficient (Wildman–Crippen LogP) is 2.13. The van der Waals surface area contributed by atoms with Crippen LogP contribution >= 0.6 is 11.3 Å². The maximum absolute atomic E-state index is 12.9. The minimum Gasteiger partial charge on any atom is -0.376 e. The van der Waals surface area contributed by atoms with Crippen LogP contribution in [0.3, 0.4) is 0 Å². The number of rotatable bonds is 6. The van der Waals surface area contributed by atoms with E-state index in [9.17, 15) is 9.59 Å². The molecule has 1 aliphatic heterocycles. The Balaban J connectivity index is 1.64. The second-order valence-electron chi connectivity index (χ2n) is 6.85. The number of thiophene rings is 1. The molecule has 0 bridgehead atoms. The summed E-state index contributed by atoms with van der Waals surface area (Å²) in [6.07, 6.45) is 3.72. The standard InChI is InChI=1S/C19H24N4O3S/c1-3-13-8-14-16(27-13)9-15-19(25)22(21-17(4-2)23(14)15)11-18(24)20-10-12-6-5-7-26-12/h8-9,12H,3-7,10-11H2,1-2H3,(H,20,24). The zero-order valence-electron chi connectivity index (χ0n) is 15.7. The van der Waals surface area contributed by atoms with E-state index in [1.807, 2.05) is 17.4 Å². The molecule has 8 heteroatoms. The highest BCUT2D eigenvalue weighted by Crippen LogP contribution is 2.29. The van der Waals surface area contributed by atoms with Crippen molar-refractivity contribution in [3.8, 4) is 0 Å². The number of amides is 1. The zero-order chi connectivity index (χ0) is 19.0. The Morgan fingerprint density at radius 2 is 2.19 bits per heavy atom. The largest absolute Gasteiger partial charge is 0.376 e. The van der Waals surface area contributed by atoms with E-state index in [-0.39, 0.29) is 24.1 Å². The van der Waals surface area contributed by atoms with Crippen molar-refractivity contribution in [2.75, 3.05) is 13.2 Å². The Morgan fingerprint density at radius 3 is 2.89 bits per heavy atom. The smallest absolute Gasteiger partial charge is 0.291 e. The summed E-state index contributed by atoms with van der Waals surface area (Å²) in [6, 6.07) is 4.05. The molecule has 1 amide bonds. The molecule has 0 aromatic carbocycles. The zero-order valence-corrected chi connectivity index (χ0v) is 16.5. The van der Waals surface area contributed by atoms with Gasteiger partial charge in [-0.25, -0.2) is 4.68 Å². The van der Waals surface area contributed by atoms with Crippen molar-refractivity contribution in [3.05, 3.63) is 33.2 Å². The lowest BCUT2D eigenvalue weighted by Gasteiger charge is -2.12. The van der Waals surface area contributed by atoms with Gasteiger partial charge in [-0.3, -0.25) is 14.0 Å². The van der Waals surface area contributed by atoms with Gasteiger partial charge in [-0.05, 0) is 31.4 Å². The molecule has 0 spiro atoms. The van der Waals surface area contributed by atoms with Crippen molar-refractivity contribution in [2.45, 2.75) is 52.2 Å². The van der Waals surface area contributed by atoms with Crippen LogP contribution in [0.4, 0.5) is 0 Å². The van der Waals surface area contributed by atoms with Crippen LogP contribution in [-0.4, -0.2) is 39.3 Å². The third kappa shape index (κ3) is 3.39. The summed E-state index contributed by atoms with van der Waals surface area (Å²) < 4.78 is 9.82. The average Bonchev–Trinajstić information content (AvgIpc) is 3.38. The lowest BCUT2D eigenvalue weighted by molar-refractivity contribution is -0.122. The number of carbonyl (C=O) groups is 1. The predicted molar refractivity (Wildman–Crippen MR) is 106 cm³/mol. The Hall–Kier alpha value is -2.19. The number of carbonyl (C=O) groups excluding carboxylic acids is 1. The van der Waals surface area contributed by atoms with Crippen molar-refractivity contribution in [1.82, 2.24) is 19.5 Å². The molecule has 144 valence electrons. The third-order valence-corrected chi connectivity index (χ3v) is 6.21. The van der Waals surface area contributed by atoms with Crippen molar-refractivity contribution in [1.29, 1.82) is 0 Å². The van der Waals surface area contributed by atoms with Gasteiger partial charge in [0.2, 0.25) is 5.91 Å². The van der Waals surface area contributed by atoms with Crippen LogP contribution in [0.15, 0.2) is 16.9 Å². The lowest BCUT2D eigenvalue weighted by Crippen LogP contribution is -2.38. The van der Waals surface area contributed by atoms with E-state index in [4.69, 9.17) is 4.74 Å². The SMILES string of the molecule is CCc1cc2c(cc3c(=O)n(CC(=O)NCC4CCCO4)nc(CC)n32)s1. The van der Waals surface area contributed by atoms with Crippen molar-refractivity contribution < 1.29 is 9.53 Å². The van der Waals surface area contributed by atoms with E-state index < -0.39 is 0 Å². The first-order valence-corrected chi connectivity index (χ1v) is 10.3. The molecule has 1 N–H and O–H groups in total. The topological polar surface area (TPSA) is 77.6 Å². The van der Waals surface area contributed by atoms with Gasteiger partial charge in [0.1, 0.15) is 17.9 Å². The summed E-state index contributed by atoms with van der Waals surface area (Å²) in [5.74, 6) is 0.570. The molecule has 1 fully saturated rings. The number of aryl methyl sites for hydroxylation is 2. The number of nitrogens with zero attached hydrogens (tertiary/aromatic N) is 3. The van der Waals surface area contributed by atoms with Crippen LogP contribution in [0.25, 0.3) is 15.7 Å². The minimum absolute atomic E-state index is 0.0753. The second-order valence-corrected chi connectivity index (χ2v) is 8.02. The normalized spacial score (nSPS) is 17.2. The molecular formula is C19H24N4O3S. The third-order valence-electron chi connectivity index (χ3n) is 5.00. The summed E-state index contributed by atoms with van der Waals surface area (Å²) >= 11 is 1.70. The summed E-state index contributed by atoms with van der Waals surface area (Å²) in [5, 5.41) is 7.33. The van der Waals surface area contributed by atoms with Gasteiger partial charge in [-0.2, -0.15) is 5.10 Å². The van der Waals surface area contributed by atoms with E-state index in [0.717, 1.165) is 41.9 Å². The van der Waals surface area contributed by atoms with Crippen LogP contribution < -0.4 is 10.9 Å². The summed E-state index contributed by atoms with van der Waals surface area (Å²) in [6.45, 7) is 5.29. The summed E-state index contributed by atoms with van der Waals surface area (Å²) in [7, 11) is 0. The molecule has 1 aliphatic rings. The van der Waals surface area contributed by atoms with E-state index in [0.29, 0.717) is 18.5 Å². The van der Waals surface area contributed by atoms with Gasteiger partial charge < -0.3 is 10.1 Å². The number of nitrogens with one attached hydrogen (secondary N) is 1. The molecule has 0 saturated carbocycles. The molecule has 7 nitrogen and oxygen atoms in total. The number of ether oxygens (including phenoxy) is 1. The Kier molecular flexibility index (Phi) is 5.01. The molecular weight excluding hydrogens is 364 g/mol. The molecule has 27 heavy (non-hydrogen) atoms. The molecule has 1 saturated heterocycles. The lowest BCUT2D eigenvalue weighted by atomic mass is 10.2. The van der Waals surface area contributed by atoms with Gasteiger partial charge >= 0.3 is 0 Å². The minimum atomic E-state index is -0.235. The van der Waals surface area contributed by atoms with Crippen molar-refractivity contribution in [2.24, 2.45) is 0 Å². The van der Waals surface area contributed by atoms with E-state index in [1.165, 1.54) is 9.56 Å². The monoisotopic (exact) mass is 388 g/mol. The maximum Gasteiger partial charge on any atom is 0.291 e. The van der Waals surface area contributed by atoms with Crippen LogP contribution in [0.5, 0.6) is 0 Å². The molecule has 1 atom stereocenters. The number of aromatic nitrogens is 3. The Bertz CT molecular complexity index is 1040. The van der Waals surface area contributed by atoms with Gasteiger partial charge in [0, 0.05) is 24.4 Å². The van der Waals surface area contributed by atoms with Gasteiger partial charge in [0.15, 0.2) is 0 Å². The van der Waals surface area contributed by atoms with Gasteiger partial charge in [-0.1, -0.05) is 13.8 Å². The van der Waals surface area contributed by atoms with Gasteiger partial charge in [-0.15, -0.1) is 11.3 Å². The highest BCUT2D eigenvalue weighted by atomic mass is 32.1. The number of hydrogen-bond acceptors (Lipinski definition) is 5. The first-order chi connectivity index (χ1) is 13.1. The van der Waals surface area contributed by atoms with Crippen LogP contribution in [0.2, 0.25) is 0 Å². The van der Waals surface area contributed by atoms with E-state index in [1.54, 1.807) is 11.3 Å². The fraction of sp³-hybridized carbons (Fsp3) is 0.526. The molecule has 4 heterocycles. The number of fused-ring (bicyclic) bond motifs is 3. The summed E-state index contributed by atoms with van der Waals surface area (Å²) in [4.78, 5) is 26.5. The Labute approximate surface area is 160 Å². The molecule has 0 radical (unpaired) electrons. The van der Waals surface area contributed by atoms with Crippen molar-refractivity contribution >= 4 is 33.0 Å². The second kappa shape index (κ2) is 7.44. The fourth-order valence-corrected chi connectivity index (χ4v) is 4.60.